The van der Waals surface area contributed by atoms with Crippen LogP contribution in [0.5, 0.6) is 0 Å². The van der Waals surface area contributed by atoms with Gasteiger partial charge < -0.3 is 9.55 Å². The van der Waals surface area contributed by atoms with Crippen LogP contribution in [0.25, 0.3) is 11.0 Å². The average Bonchev–Trinajstić information content (AvgIpc) is 3.04. The highest BCUT2D eigenvalue weighted by Gasteiger charge is 2.12. The Morgan fingerprint density at radius 2 is 2.33 bits per heavy atom. The van der Waals surface area contributed by atoms with Gasteiger partial charge in [-0.05, 0) is 18.2 Å². The molecule has 5 nitrogen and oxygen atoms in total. The maximum atomic E-state index is 11.3. The number of hydrogen-bond acceptors (Lipinski definition) is 4. The summed E-state index contributed by atoms with van der Waals surface area (Å²) < 4.78 is 2.00. The van der Waals surface area contributed by atoms with Crippen molar-refractivity contribution in [3.8, 4) is 6.07 Å². The first kappa shape index (κ1) is 13.9. The monoisotopic (exact) mass is 318 g/mol. The number of thiazole rings is 1. The van der Waals surface area contributed by atoms with Crippen molar-refractivity contribution in [2.45, 2.75) is 13.0 Å². The molecule has 106 valence electrons. The first-order chi connectivity index (χ1) is 10.2. The maximum Gasteiger partial charge on any atom is 0.304 e. The average molecular weight is 319 g/mol. The number of nitrogens with one attached hydrogen (secondary N) is 1. The summed E-state index contributed by atoms with van der Waals surface area (Å²) in [7, 11) is 0. The number of benzene rings is 1. The van der Waals surface area contributed by atoms with Crippen molar-refractivity contribution < 1.29 is 0 Å². The zero-order valence-electron chi connectivity index (χ0n) is 11.0. The van der Waals surface area contributed by atoms with E-state index < -0.39 is 0 Å². The van der Waals surface area contributed by atoms with E-state index in [2.05, 4.69) is 16.0 Å². The highest BCUT2D eigenvalue weighted by atomic mass is 35.5. The van der Waals surface area contributed by atoms with Crippen LogP contribution in [0.1, 0.15) is 17.1 Å². The van der Waals surface area contributed by atoms with E-state index in [1.54, 1.807) is 11.4 Å². The summed E-state index contributed by atoms with van der Waals surface area (Å²) in [4.78, 5) is 18.5. The number of aryl methyl sites for hydroxylation is 1. The van der Waals surface area contributed by atoms with Crippen LogP contribution in [0.3, 0.4) is 0 Å². The number of rotatable bonds is 4. The van der Waals surface area contributed by atoms with Gasteiger partial charge in [-0.15, -0.1) is 11.6 Å². The van der Waals surface area contributed by atoms with Gasteiger partial charge in [0.15, 0.2) is 0 Å². The number of hydrogen-bond donors (Lipinski definition) is 1. The zero-order valence-corrected chi connectivity index (χ0v) is 12.5. The van der Waals surface area contributed by atoms with E-state index in [1.807, 2.05) is 16.7 Å². The van der Waals surface area contributed by atoms with Crippen molar-refractivity contribution in [1.29, 1.82) is 5.26 Å². The molecule has 0 atom stereocenters. The second kappa shape index (κ2) is 5.72. The number of imidazole rings is 1. The first-order valence-corrected chi connectivity index (χ1v) is 7.74. The molecule has 7 heteroatoms. The van der Waals surface area contributed by atoms with E-state index in [-0.39, 0.29) is 4.87 Å². The van der Waals surface area contributed by atoms with Crippen LogP contribution in [0.2, 0.25) is 0 Å². The third-order valence-electron chi connectivity index (χ3n) is 3.17. The van der Waals surface area contributed by atoms with Gasteiger partial charge in [0.25, 0.3) is 0 Å². The van der Waals surface area contributed by atoms with Gasteiger partial charge in [-0.25, -0.2) is 4.98 Å². The molecule has 3 rings (SSSR count). The number of halogens is 1. The van der Waals surface area contributed by atoms with E-state index in [4.69, 9.17) is 16.9 Å². The fourth-order valence-corrected chi connectivity index (χ4v) is 3.00. The minimum Gasteiger partial charge on any atom is -0.322 e. The molecule has 2 aromatic heterocycles. The first-order valence-electron chi connectivity index (χ1n) is 6.33. The largest absolute Gasteiger partial charge is 0.322 e. The quantitative estimate of drug-likeness (QED) is 0.751. The topological polar surface area (TPSA) is 74.5 Å². The molecule has 0 saturated heterocycles. The van der Waals surface area contributed by atoms with E-state index in [0.717, 1.165) is 33.9 Å². The van der Waals surface area contributed by atoms with Crippen molar-refractivity contribution in [2.24, 2.45) is 0 Å². The van der Waals surface area contributed by atoms with Gasteiger partial charge in [-0.1, -0.05) is 11.3 Å². The summed E-state index contributed by atoms with van der Waals surface area (Å²) in [5, 5.41) is 10.8. The van der Waals surface area contributed by atoms with E-state index >= 15 is 0 Å². The van der Waals surface area contributed by atoms with Gasteiger partial charge in [0.2, 0.25) is 0 Å². The molecular formula is C14H11ClN4OS. The Bertz CT molecular complexity index is 886. The van der Waals surface area contributed by atoms with Gasteiger partial charge >= 0.3 is 4.87 Å². The highest BCUT2D eigenvalue weighted by molar-refractivity contribution is 7.07. The molecule has 0 saturated carbocycles. The molecule has 0 aliphatic heterocycles. The van der Waals surface area contributed by atoms with Crippen LogP contribution >= 0.6 is 22.9 Å². The molecule has 0 bridgehead atoms. The highest BCUT2D eigenvalue weighted by Crippen LogP contribution is 2.20. The number of alkyl halides is 1. The normalized spacial score (nSPS) is 10.9. The fraction of sp³-hybridized carbons (Fsp3) is 0.214. The molecule has 0 radical (unpaired) electrons. The van der Waals surface area contributed by atoms with Gasteiger partial charge in [0, 0.05) is 23.4 Å². The third-order valence-corrected chi connectivity index (χ3v) is 4.08. The Balaban J connectivity index is 2.14. The Hall–Kier alpha value is -2.10. The Labute approximate surface area is 129 Å². The van der Waals surface area contributed by atoms with Gasteiger partial charge in [-0.3, -0.25) is 4.79 Å². The van der Waals surface area contributed by atoms with Crippen molar-refractivity contribution in [1.82, 2.24) is 14.5 Å². The smallest absolute Gasteiger partial charge is 0.304 e. The molecular weight excluding hydrogens is 308 g/mol. The summed E-state index contributed by atoms with van der Waals surface area (Å²) in [5.41, 5.74) is 3.11. The van der Waals surface area contributed by atoms with Crippen LogP contribution in [-0.2, 0) is 13.0 Å². The lowest BCUT2D eigenvalue weighted by Gasteiger charge is -2.07. The Morgan fingerprint density at radius 3 is 3.00 bits per heavy atom. The molecule has 0 spiro atoms. The lowest BCUT2D eigenvalue weighted by Crippen LogP contribution is -2.07. The van der Waals surface area contributed by atoms with Gasteiger partial charge in [-0.2, -0.15) is 5.26 Å². The Morgan fingerprint density at radius 1 is 1.48 bits per heavy atom. The second-order valence-corrected chi connectivity index (χ2v) is 5.76. The molecule has 1 aromatic carbocycles. The molecule has 21 heavy (non-hydrogen) atoms. The van der Waals surface area contributed by atoms with E-state index in [9.17, 15) is 4.79 Å². The van der Waals surface area contributed by atoms with Crippen molar-refractivity contribution in [3.05, 3.63) is 50.3 Å². The lowest BCUT2D eigenvalue weighted by atomic mass is 10.2. The fourth-order valence-electron chi connectivity index (χ4n) is 2.26. The second-order valence-electron chi connectivity index (χ2n) is 4.54. The molecule has 0 amide bonds. The molecule has 3 aromatic rings. The molecule has 2 heterocycles. The SMILES string of the molecule is N#Cc1ccc2nc(CCCl)n(Cc3csc(=O)[nH]3)c2c1. The summed E-state index contributed by atoms with van der Waals surface area (Å²) in [6.07, 6.45) is 0.631. The third kappa shape index (κ3) is 2.71. The maximum absolute atomic E-state index is 11.3. The van der Waals surface area contributed by atoms with E-state index in [1.165, 1.54) is 0 Å². The number of fused-ring (bicyclic) bond motifs is 1. The minimum atomic E-state index is -0.0778. The minimum absolute atomic E-state index is 0.0778. The number of nitrogens with zero attached hydrogens (tertiary/aromatic N) is 3. The molecule has 1 N–H and O–H groups in total. The van der Waals surface area contributed by atoms with Crippen molar-refractivity contribution in [3.63, 3.8) is 0 Å². The van der Waals surface area contributed by atoms with Crippen LogP contribution in [0, 0.1) is 11.3 Å². The van der Waals surface area contributed by atoms with Crippen LogP contribution in [0.4, 0.5) is 0 Å². The number of aromatic amines is 1. The summed E-state index contributed by atoms with van der Waals surface area (Å²) in [5.74, 6) is 1.32. The van der Waals surface area contributed by atoms with Gasteiger partial charge in [0.1, 0.15) is 5.82 Å². The number of aromatic nitrogens is 3. The molecule has 0 aliphatic carbocycles. The summed E-state index contributed by atoms with van der Waals surface area (Å²) in [6.45, 7) is 0.510. The Kier molecular flexibility index (Phi) is 3.78. The predicted molar refractivity (Wildman–Crippen MR) is 82.9 cm³/mol. The van der Waals surface area contributed by atoms with Crippen LogP contribution in [0.15, 0.2) is 28.4 Å². The molecule has 0 aliphatic rings. The molecule has 0 fully saturated rings. The van der Waals surface area contributed by atoms with Crippen LogP contribution < -0.4 is 4.87 Å². The summed E-state index contributed by atoms with van der Waals surface area (Å²) >= 11 is 6.98. The number of nitriles is 1. The molecule has 0 unspecified atom stereocenters. The zero-order chi connectivity index (χ0) is 14.8. The standard InChI is InChI=1S/C14H11ClN4OS/c15-4-3-13-18-11-2-1-9(6-16)5-12(11)19(13)7-10-8-21-14(20)17-10/h1-2,5,8H,3-4,7H2,(H,17,20). The predicted octanol–water partition coefficient (Wildman–Crippen LogP) is 2.49. The van der Waals surface area contributed by atoms with Crippen molar-refractivity contribution in [2.75, 3.05) is 5.88 Å². The van der Waals surface area contributed by atoms with Gasteiger partial charge in [0.05, 0.1) is 29.2 Å². The van der Waals surface area contributed by atoms with Crippen LogP contribution in [-0.4, -0.2) is 20.4 Å². The van der Waals surface area contributed by atoms with E-state index in [0.29, 0.717) is 24.4 Å². The number of H-pyrrole nitrogens is 1. The van der Waals surface area contributed by atoms with Crippen molar-refractivity contribution >= 4 is 34.0 Å². The summed E-state index contributed by atoms with van der Waals surface area (Å²) in [6, 6.07) is 7.52. The lowest BCUT2D eigenvalue weighted by molar-refractivity contribution is 0.740.